The van der Waals surface area contributed by atoms with Crippen LogP contribution in [0, 0.1) is 10.1 Å². The number of hydrogen-bond donors (Lipinski definition) is 1. The lowest BCUT2D eigenvalue weighted by molar-refractivity contribution is -0.384. The average molecular weight is 322 g/mol. The van der Waals surface area contributed by atoms with Crippen molar-refractivity contribution >= 4 is 27.4 Å². The molecule has 6 heteroatoms. The summed E-state index contributed by atoms with van der Waals surface area (Å²) in [5.74, 6) is 0.810. The van der Waals surface area contributed by atoms with Gasteiger partial charge in [-0.3, -0.25) is 10.1 Å². The van der Waals surface area contributed by atoms with Gasteiger partial charge in [0.1, 0.15) is 5.82 Å². The van der Waals surface area contributed by atoms with Crippen molar-refractivity contribution in [2.45, 2.75) is 6.42 Å². The molecule has 1 heterocycles. The number of pyridine rings is 1. The molecule has 0 spiro atoms. The molecule has 2 aromatic rings. The van der Waals surface area contributed by atoms with Crippen molar-refractivity contribution in [3.8, 4) is 0 Å². The van der Waals surface area contributed by atoms with Crippen LogP contribution in [-0.4, -0.2) is 16.5 Å². The van der Waals surface area contributed by atoms with Crippen LogP contribution in [0.1, 0.15) is 5.56 Å². The van der Waals surface area contributed by atoms with Crippen molar-refractivity contribution in [1.29, 1.82) is 0 Å². The molecule has 19 heavy (non-hydrogen) atoms. The van der Waals surface area contributed by atoms with E-state index in [4.69, 9.17) is 0 Å². The largest absolute Gasteiger partial charge is 0.370 e. The Labute approximate surface area is 119 Å². The number of rotatable bonds is 5. The Morgan fingerprint density at radius 2 is 1.95 bits per heavy atom. The molecule has 0 aliphatic rings. The number of hydrogen-bond acceptors (Lipinski definition) is 4. The molecule has 98 valence electrons. The van der Waals surface area contributed by atoms with Crippen molar-refractivity contribution in [2.24, 2.45) is 0 Å². The zero-order chi connectivity index (χ0) is 13.7. The Hall–Kier alpha value is -1.95. The fraction of sp³-hybridized carbons (Fsp3) is 0.154. The molecule has 0 amide bonds. The first-order chi connectivity index (χ1) is 9.15. The Morgan fingerprint density at radius 1 is 1.21 bits per heavy atom. The number of benzene rings is 1. The van der Waals surface area contributed by atoms with Crippen LogP contribution in [-0.2, 0) is 6.42 Å². The third-order valence-electron chi connectivity index (χ3n) is 2.59. The van der Waals surface area contributed by atoms with Crippen molar-refractivity contribution in [3.63, 3.8) is 0 Å². The lowest BCUT2D eigenvalue weighted by Gasteiger charge is -2.05. The summed E-state index contributed by atoms with van der Waals surface area (Å²) in [4.78, 5) is 14.3. The smallest absolute Gasteiger partial charge is 0.269 e. The molecule has 2 rings (SSSR count). The summed E-state index contributed by atoms with van der Waals surface area (Å²) in [6.45, 7) is 0.729. The number of nitro groups is 1. The van der Waals surface area contributed by atoms with Gasteiger partial charge in [0.15, 0.2) is 0 Å². The zero-order valence-corrected chi connectivity index (χ0v) is 11.6. The third-order valence-corrected chi connectivity index (χ3v) is 3.06. The van der Waals surface area contributed by atoms with E-state index in [0.717, 1.165) is 28.8 Å². The molecule has 0 aliphatic heterocycles. The summed E-state index contributed by atoms with van der Waals surface area (Å²) in [6.07, 6.45) is 2.52. The molecule has 1 aromatic carbocycles. The van der Waals surface area contributed by atoms with E-state index in [1.54, 1.807) is 18.3 Å². The van der Waals surface area contributed by atoms with Crippen LogP contribution in [0.2, 0.25) is 0 Å². The Kier molecular flexibility index (Phi) is 4.46. The third kappa shape index (κ3) is 4.03. The highest BCUT2D eigenvalue weighted by molar-refractivity contribution is 9.10. The van der Waals surface area contributed by atoms with Crippen molar-refractivity contribution in [3.05, 3.63) is 62.7 Å². The second-order valence-electron chi connectivity index (χ2n) is 3.96. The van der Waals surface area contributed by atoms with Crippen LogP contribution in [0.5, 0.6) is 0 Å². The lowest BCUT2D eigenvalue weighted by atomic mass is 10.1. The minimum Gasteiger partial charge on any atom is -0.370 e. The molecule has 1 N–H and O–H groups in total. The average Bonchev–Trinajstić information content (AvgIpc) is 2.41. The standard InChI is InChI=1S/C13H12BrN3O2/c14-11-3-6-13(16-9-11)15-8-7-10-1-4-12(5-2-10)17(18)19/h1-6,9H,7-8H2,(H,15,16). The van der Waals surface area contributed by atoms with Gasteiger partial charge in [0, 0.05) is 29.3 Å². The van der Waals surface area contributed by atoms with Gasteiger partial charge >= 0.3 is 0 Å². The van der Waals surface area contributed by atoms with Crippen LogP contribution < -0.4 is 5.32 Å². The Balaban J connectivity index is 1.85. The molecule has 0 saturated carbocycles. The van der Waals surface area contributed by atoms with Crippen LogP contribution in [0.15, 0.2) is 47.1 Å². The second-order valence-corrected chi connectivity index (χ2v) is 4.88. The summed E-state index contributed by atoms with van der Waals surface area (Å²) < 4.78 is 0.938. The van der Waals surface area contributed by atoms with E-state index in [-0.39, 0.29) is 5.69 Å². The molecule has 0 unspecified atom stereocenters. The van der Waals surface area contributed by atoms with Crippen molar-refractivity contribution in [1.82, 2.24) is 4.98 Å². The molecule has 0 bridgehead atoms. The number of anilines is 1. The van der Waals surface area contributed by atoms with Gasteiger partial charge in [0.05, 0.1) is 4.92 Å². The molecule has 0 radical (unpaired) electrons. The first kappa shape index (κ1) is 13.5. The SMILES string of the molecule is O=[N+]([O-])c1ccc(CCNc2ccc(Br)cn2)cc1. The molecule has 0 aliphatic carbocycles. The molecule has 0 atom stereocenters. The molecule has 0 fully saturated rings. The van der Waals surface area contributed by atoms with E-state index < -0.39 is 4.92 Å². The second kappa shape index (κ2) is 6.29. The van der Waals surface area contributed by atoms with Gasteiger partial charge in [-0.05, 0) is 40.0 Å². The number of halogens is 1. The maximum atomic E-state index is 10.5. The van der Waals surface area contributed by atoms with Crippen LogP contribution >= 0.6 is 15.9 Å². The number of nitro benzene ring substituents is 1. The van der Waals surface area contributed by atoms with Crippen LogP contribution in [0.3, 0.4) is 0 Å². The zero-order valence-electron chi connectivity index (χ0n) is 10.0. The predicted molar refractivity (Wildman–Crippen MR) is 77.2 cm³/mol. The van der Waals surface area contributed by atoms with Crippen molar-refractivity contribution in [2.75, 3.05) is 11.9 Å². The number of non-ortho nitro benzene ring substituents is 1. The maximum Gasteiger partial charge on any atom is 0.269 e. The lowest BCUT2D eigenvalue weighted by Crippen LogP contribution is -2.06. The molecule has 1 aromatic heterocycles. The van der Waals surface area contributed by atoms with Gasteiger partial charge < -0.3 is 5.32 Å². The highest BCUT2D eigenvalue weighted by Crippen LogP contribution is 2.13. The minimum absolute atomic E-state index is 0.117. The van der Waals surface area contributed by atoms with Crippen LogP contribution in [0.4, 0.5) is 11.5 Å². The van der Waals surface area contributed by atoms with E-state index >= 15 is 0 Å². The molecular formula is C13H12BrN3O2. The Morgan fingerprint density at radius 3 is 2.53 bits per heavy atom. The fourth-order valence-corrected chi connectivity index (χ4v) is 1.83. The number of aromatic nitrogens is 1. The summed E-state index contributed by atoms with van der Waals surface area (Å²) in [6, 6.07) is 10.4. The van der Waals surface area contributed by atoms with E-state index in [2.05, 4.69) is 26.2 Å². The van der Waals surface area contributed by atoms with Gasteiger partial charge in [0.2, 0.25) is 0 Å². The van der Waals surface area contributed by atoms with Gasteiger partial charge in [-0.25, -0.2) is 4.98 Å². The van der Waals surface area contributed by atoms with E-state index in [0.29, 0.717) is 0 Å². The Bertz CT molecular complexity index is 555. The number of nitrogens with one attached hydrogen (secondary N) is 1. The highest BCUT2D eigenvalue weighted by Gasteiger charge is 2.03. The summed E-state index contributed by atoms with van der Waals surface area (Å²) >= 11 is 3.32. The molecule has 0 saturated heterocycles. The van der Waals surface area contributed by atoms with Gasteiger partial charge in [-0.1, -0.05) is 12.1 Å². The van der Waals surface area contributed by atoms with E-state index in [1.807, 2.05) is 12.1 Å². The van der Waals surface area contributed by atoms with E-state index in [1.165, 1.54) is 12.1 Å². The maximum absolute atomic E-state index is 10.5. The summed E-state index contributed by atoms with van der Waals surface area (Å²) in [5, 5.41) is 13.7. The monoisotopic (exact) mass is 321 g/mol. The van der Waals surface area contributed by atoms with Gasteiger partial charge in [-0.15, -0.1) is 0 Å². The fourth-order valence-electron chi connectivity index (χ4n) is 1.60. The topological polar surface area (TPSA) is 68.1 Å². The summed E-state index contributed by atoms with van der Waals surface area (Å²) in [7, 11) is 0. The van der Waals surface area contributed by atoms with E-state index in [9.17, 15) is 10.1 Å². The normalized spacial score (nSPS) is 10.2. The molecule has 5 nitrogen and oxygen atoms in total. The van der Waals surface area contributed by atoms with Crippen molar-refractivity contribution < 1.29 is 4.92 Å². The number of nitrogens with zero attached hydrogens (tertiary/aromatic N) is 2. The van der Waals surface area contributed by atoms with Crippen LogP contribution in [0.25, 0.3) is 0 Å². The van der Waals surface area contributed by atoms with Gasteiger partial charge in [-0.2, -0.15) is 0 Å². The first-order valence-corrected chi connectivity index (χ1v) is 6.53. The first-order valence-electron chi connectivity index (χ1n) is 5.74. The quantitative estimate of drug-likeness (QED) is 0.677. The molecular weight excluding hydrogens is 310 g/mol. The summed E-state index contributed by atoms with van der Waals surface area (Å²) in [5.41, 5.74) is 1.17. The van der Waals surface area contributed by atoms with Gasteiger partial charge in [0.25, 0.3) is 5.69 Å². The minimum atomic E-state index is -0.395. The highest BCUT2D eigenvalue weighted by atomic mass is 79.9. The predicted octanol–water partition coefficient (Wildman–Crippen LogP) is 3.41.